The van der Waals surface area contributed by atoms with E-state index in [-0.39, 0.29) is 23.2 Å². The number of aromatic nitrogens is 1. The largest absolute Gasteiger partial charge is 0.444 e. The van der Waals surface area contributed by atoms with E-state index in [0.717, 1.165) is 6.20 Å². The molecule has 1 aromatic carbocycles. The van der Waals surface area contributed by atoms with Crippen LogP contribution in [0, 0.1) is 11.7 Å². The van der Waals surface area contributed by atoms with Crippen molar-refractivity contribution in [3.63, 3.8) is 0 Å². The van der Waals surface area contributed by atoms with Crippen LogP contribution in [0.5, 0.6) is 0 Å². The van der Waals surface area contributed by atoms with E-state index in [9.17, 15) is 18.8 Å². The summed E-state index contributed by atoms with van der Waals surface area (Å²) in [5, 5.41) is 5.67. The fourth-order valence-electron chi connectivity index (χ4n) is 3.33. The lowest BCUT2D eigenvalue weighted by Gasteiger charge is -2.33. The Balaban J connectivity index is 1.64. The summed E-state index contributed by atoms with van der Waals surface area (Å²) in [6.45, 7) is 6.21. The van der Waals surface area contributed by atoms with Gasteiger partial charge in [-0.25, -0.2) is 14.2 Å². The van der Waals surface area contributed by atoms with Crippen LogP contribution in [-0.4, -0.2) is 46.5 Å². The zero-order chi connectivity index (χ0) is 24.2. The number of amides is 3. The number of hydrogen-bond acceptors (Lipinski definition) is 5. The van der Waals surface area contributed by atoms with E-state index in [1.54, 1.807) is 37.8 Å². The van der Waals surface area contributed by atoms with Crippen LogP contribution in [0.4, 0.5) is 20.7 Å². The van der Waals surface area contributed by atoms with Crippen LogP contribution in [0.1, 0.15) is 44.0 Å². The minimum Gasteiger partial charge on any atom is -0.444 e. The Kier molecular flexibility index (Phi) is 7.53. The van der Waals surface area contributed by atoms with Crippen molar-refractivity contribution in [2.24, 2.45) is 5.92 Å². The summed E-state index contributed by atoms with van der Waals surface area (Å²) in [7, 11) is 0. The number of piperidine rings is 1. The first kappa shape index (κ1) is 24.4. The summed E-state index contributed by atoms with van der Waals surface area (Å²) in [4.78, 5) is 43.2. The number of benzene rings is 1. The average molecular weight is 477 g/mol. The van der Waals surface area contributed by atoms with Crippen LogP contribution in [0.25, 0.3) is 0 Å². The molecular formula is C23H26ClFN4O4. The van der Waals surface area contributed by atoms with Crippen LogP contribution >= 0.6 is 11.6 Å². The highest BCUT2D eigenvalue weighted by Crippen LogP contribution is 2.25. The molecular weight excluding hydrogens is 451 g/mol. The number of pyridine rings is 1. The Hall–Kier alpha value is -3.20. The zero-order valence-electron chi connectivity index (χ0n) is 18.7. The van der Waals surface area contributed by atoms with Crippen molar-refractivity contribution >= 4 is 41.0 Å². The fourth-order valence-corrected chi connectivity index (χ4v) is 3.50. The molecule has 3 amide bonds. The van der Waals surface area contributed by atoms with Gasteiger partial charge in [0.15, 0.2) is 0 Å². The smallest absolute Gasteiger partial charge is 0.410 e. The van der Waals surface area contributed by atoms with Crippen molar-refractivity contribution < 1.29 is 23.5 Å². The Morgan fingerprint density at radius 1 is 1.12 bits per heavy atom. The normalized spacial score (nSPS) is 14.5. The SMILES string of the molecule is CC(C)(C)OC(=O)N1CCC(C(=O)Nc2ccc(Cl)cc2C(=O)Nc2ccc(F)cn2)CC1. The maximum Gasteiger partial charge on any atom is 0.410 e. The first-order chi connectivity index (χ1) is 15.5. The number of likely N-dealkylation sites (tertiary alicyclic amines) is 1. The number of carbonyl (C=O) groups excluding carboxylic acids is 3. The van der Waals surface area contributed by atoms with Gasteiger partial charge in [-0.05, 0) is 63.9 Å². The Morgan fingerprint density at radius 2 is 1.82 bits per heavy atom. The molecule has 0 bridgehead atoms. The summed E-state index contributed by atoms with van der Waals surface area (Å²) in [6.07, 6.45) is 1.53. The van der Waals surface area contributed by atoms with Crippen molar-refractivity contribution in [3.8, 4) is 0 Å². The molecule has 1 aliphatic heterocycles. The molecule has 10 heteroatoms. The highest BCUT2D eigenvalue weighted by Gasteiger charge is 2.30. The first-order valence-corrected chi connectivity index (χ1v) is 10.9. The Bertz CT molecular complexity index is 1030. The van der Waals surface area contributed by atoms with Gasteiger partial charge in [-0.2, -0.15) is 0 Å². The van der Waals surface area contributed by atoms with Crippen LogP contribution in [0.2, 0.25) is 5.02 Å². The molecule has 0 radical (unpaired) electrons. The highest BCUT2D eigenvalue weighted by atomic mass is 35.5. The van der Waals surface area contributed by atoms with E-state index in [2.05, 4.69) is 15.6 Å². The van der Waals surface area contributed by atoms with E-state index < -0.39 is 23.4 Å². The van der Waals surface area contributed by atoms with Gasteiger partial charge in [0, 0.05) is 24.0 Å². The predicted octanol–water partition coefficient (Wildman–Crippen LogP) is 4.71. The van der Waals surface area contributed by atoms with Gasteiger partial charge in [0.2, 0.25) is 5.91 Å². The van der Waals surface area contributed by atoms with Gasteiger partial charge >= 0.3 is 6.09 Å². The van der Waals surface area contributed by atoms with Crippen molar-refractivity contribution in [1.82, 2.24) is 9.88 Å². The first-order valence-electron chi connectivity index (χ1n) is 10.5. The van der Waals surface area contributed by atoms with Gasteiger partial charge in [-0.1, -0.05) is 11.6 Å². The molecule has 2 N–H and O–H groups in total. The highest BCUT2D eigenvalue weighted by molar-refractivity contribution is 6.31. The van der Waals surface area contributed by atoms with Gasteiger partial charge in [0.05, 0.1) is 17.4 Å². The van der Waals surface area contributed by atoms with E-state index in [4.69, 9.17) is 16.3 Å². The monoisotopic (exact) mass is 476 g/mol. The summed E-state index contributed by atoms with van der Waals surface area (Å²) >= 11 is 6.05. The molecule has 1 aliphatic rings. The molecule has 33 heavy (non-hydrogen) atoms. The van der Waals surface area contributed by atoms with E-state index in [1.807, 2.05) is 0 Å². The van der Waals surface area contributed by atoms with Gasteiger partial charge in [0.25, 0.3) is 5.91 Å². The number of hydrogen-bond donors (Lipinski definition) is 2. The molecule has 0 saturated carbocycles. The molecule has 3 rings (SSSR count). The molecule has 0 atom stereocenters. The Morgan fingerprint density at radius 3 is 2.42 bits per heavy atom. The molecule has 0 aliphatic carbocycles. The molecule has 2 aromatic rings. The maximum atomic E-state index is 13.1. The third-order valence-electron chi connectivity index (χ3n) is 4.97. The number of nitrogens with zero attached hydrogens (tertiary/aromatic N) is 2. The lowest BCUT2D eigenvalue weighted by molar-refractivity contribution is -0.121. The lowest BCUT2D eigenvalue weighted by atomic mass is 9.96. The molecule has 176 valence electrons. The summed E-state index contributed by atoms with van der Waals surface area (Å²) < 4.78 is 18.4. The van der Waals surface area contributed by atoms with Crippen molar-refractivity contribution in [3.05, 3.63) is 52.9 Å². The number of halogens is 2. The molecule has 2 heterocycles. The van der Waals surface area contributed by atoms with Crippen molar-refractivity contribution in [2.45, 2.75) is 39.2 Å². The zero-order valence-corrected chi connectivity index (χ0v) is 19.4. The van der Waals surface area contributed by atoms with E-state index in [1.165, 1.54) is 18.2 Å². The lowest BCUT2D eigenvalue weighted by Crippen LogP contribution is -2.43. The quantitative estimate of drug-likeness (QED) is 0.665. The fraction of sp³-hybridized carbons (Fsp3) is 0.391. The summed E-state index contributed by atoms with van der Waals surface area (Å²) in [6, 6.07) is 7.04. The van der Waals surface area contributed by atoms with Crippen molar-refractivity contribution in [1.29, 1.82) is 0 Å². The molecule has 8 nitrogen and oxygen atoms in total. The van der Waals surface area contributed by atoms with Crippen LogP contribution in [0.3, 0.4) is 0 Å². The number of nitrogens with one attached hydrogen (secondary N) is 2. The summed E-state index contributed by atoms with van der Waals surface area (Å²) in [5.74, 6) is -1.49. The molecule has 1 fully saturated rings. The number of anilines is 2. The van der Waals surface area contributed by atoms with E-state index in [0.29, 0.717) is 36.6 Å². The minimum atomic E-state index is -0.583. The number of carbonyl (C=O) groups is 3. The standard InChI is InChI=1S/C23H26ClFN4O4/c1-23(2,3)33-22(32)29-10-8-14(9-11-29)20(30)27-18-6-4-15(24)12-17(18)21(31)28-19-7-5-16(25)13-26-19/h4-7,12-14H,8-11H2,1-3H3,(H,27,30)(H,26,28,31). The second-order valence-corrected chi connectivity index (χ2v) is 9.17. The van der Waals surface area contributed by atoms with Crippen LogP contribution in [-0.2, 0) is 9.53 Å². The topological polar surface area (TPSA) is 101 Å². The molecule has 0 unspecified atom stereocenters. The molecule has 1 saturated heterocycles. The van der Waals surface area contributed by atoms with Gasteiger partial charge < -0.3 is 20.3 Å². The minimum absolute atomic E-state index is 0.146. The Labute approximate surface area is 196 Å². The second-order valence-electron chi connectivity index (χ2n) is 8.74. The third kappa shape index (κ3) is 6.89. The van der Waals surface area contributed by atoms with E-state index >= 15 is 0 Å². The number of rotatable bonds is 4. The van der Waals surface area contributed by atoms with Crippen LogP contribution in [0.15, 0.2) is 36.5 Å². The third-order valence-corrected chi connectivity index (χ3v) is 5.21. The van der Waals surface area contributed by atoms with Crippen LogP contribution < -0.4 is 10.6 Å². The predicted molar refractivity (Wildman–Crippen MR) is 123 cm³/mol. The average Bonchev–Trinajstić information content (AvgIpc) is 2.75. The van der Waals surface area contributed by atoms with Crippen molar-refractivity contribution in [2.75, 3.05) is 23.7 Å². The molecule has 1 aromatic heterocycles. The van der Waals surface area contributed by atoms with Gasteiger partial charge in [-0.3, -0.25) is 9.59 Å². The second kappa shape index (κ2) is 10.2. The molecule has 0 spiro atoms. The summed E-state index contributed by atoms with van der Waals surface area (Å²) in [5.41, 5.74) is -0.146. The maximum absolute atomic E-state index is 13.1. The number of ether oxygens (including phenoxy) is 1. The van der Waals surface area contributed by atoms with Gasteiger partial charge in [0.1, 0.15) is 17.2 Å². The van der Waals surface area contributed by atoms with Gasteiger partial charge in [-0.15, -0.1) is 0 Å².